The zero-order chi connectivity index (χ0) is 10.1. The van der Waals surface area contributed by atoms with E-state index in [4.69, 9.17) is 4.89 Å². The highest BCUT2D eigenvalue weighted by Gasteiger charge is 2.09. The van der Waals surface area contributed by atoms with Crippen molar-refractivity contribution < 1.29 is 14.0 Å². The van der Waals surface area contributed by atoms with Gasteiger partial charge >= 0.3 is 8.25 Å². The van der Waals surface area contributed by atoms with Crippen LogP contribution in [0.15, 0.2) is 16.8 Å². The monoisotopic (exact) mass is 204 g/mol. The van der Waals surface area contributed by atoms with E-state index < -0.39 is 8.25 Å². The van der Waals surface area contributed by atoms with Crippen LogP contribution in [0.4, 0.5) is 0 Å². The summed E-state index contributed by atoms with van der Waals surface area (Å²) < 4.78 is 14.6. The molecule has 0 bridgehead atoms. The molecule has 0 radical (unpaired) electrons. The Hall–Kier alpha value is -0.570. The van der Waals surface area contributed by atoms with Gasteiger partial charge < -0.3 is 0 Å². The molecule has 0 saturated carbocycles. The van der Waals surface area contributed by atoms with Crippen molar-refractivity contribution >= 4 is 15.0 Å². The molecular formula is C8H15NO3P+. The number of hydrogen-bond donors (Lipinski definition) is 1. The van der Waals surface area contributed by atoms with Gasteiger partial charge in [-0.05, 0) is 32.9 Å². The van der Waals surface area contributed by atoms with Crippen LogP contribution in [0.3, 0.4) is 0 Å². The summed E-state index contributed by atoms with van der Waals surface area (Å²) in [7, 11) is -2.44. The molecule has 4 nitrogen and oxygen atoms in total. The van der Waals surface area contributed by atoms with E-state index in [1.807, 2.05) is 13.0 Å². The Balaban J connectivity index is 3.35. The molecule has 13 heavy (non-hydrogen) atoms. The minimum atomic E-state index is -2.44. The standard InChI is InChI=1S/C8H14NO3P/c1-3-8(9-2)6-4-5-7-12-13(10)11/h3H,2,4-7H2,1H3/p+1/b8-3-. The summed E-state index contributed by atoms with van der Waals surface area (Å²) in [5, 5.41) is 0. The van der Waals surface area contributed by atoms with Crippen molar-refractivity contribution in [3.63, 3.8) is 0 Å². The number of nitrogens with zero attached hydrogens (tertiary/aromatic N) is 1. The minimum Gasteiger partial charge on any atom is -0.269 e. The van der Waals surface area contributed by atoms with E-state index in [-0.39, 0.29) is 0 Å². The van der Waals surface area contributed by atoms with E-state index in [0.29, 0.717) is 6.61 Å². The van der Waals surface area contributed by atoms with Gasteiger partial charge in [0.2, 0.25) is 0 Å². The maximum Gasteiger partial charge on any atom is 0.694 e. The van der Waals surface area contributed by atoms with E-state index in [9.17, 15) is 4.57 Å². The first-order chi connectivity index (χ1) is 6.20. The molecular weight excluding hydrogens is 189 g/mol. The van der Waals surface area contributed by atoms with Crippen molar-refractivity contribution in [3.8, 4) is 0 Å². The predicted molar refractivity (Wildman–Crippen MR) is 52.9 cm³/mol. The molecule has 0 rings (SSSR count). The van der Waals surface area contributed by atoms with Crippen molar-refractivity contribution in [2.24, 2.45) is 4.99 Å². The van der Waals surface area contributed by atoms with Gasteiger partial charge in [0.15, 0.2) is 0 Å². The lowest BCUT2D eigenvalue weighted by Crippen LogP contribution is -1.87. The number of hydrogen-bond acceptors (Lipinski definition) is 3. The lowest BCUT2D eigenvalue weighted by atomic mass is 10.2. The van der Waals surface area contributed by atoms with Crippen LogP contribution in [0.25, 0.3) is 0 Å². The maximum atomic E-state index is 10.1. The molecule has 0 amide bonds. The summed E-state index contributed by atoms with van der Waals surface area (Å²) in [6, 6.07) is 0. The molecule has 0 aliphatic carbocycles. The molecule has 0 aromatic carbocycles. The third-order valence-electron chi connectivity index (χ3n) is 1.57. The molecule has 0 heterocycles. The molecule has 0 aromatic heterocycles. The van der Waals surface area contributed by atoms with E-state index in [1.54, 1.807) is 0 Å². The molecule has 0 fully saturated rings. The van der Waals surface area contributed by atoms with Crippen molar-refractivity contribution in [2.45, 2.75) is 26.2 Å². The molecule has 0 saturated heterocycles. The van der Waals surface area contributed by atoms with Crippen LogP contribution in [-0.2, 0) is 9.09 Å². The second-order valence-electron chi connectivity index (χ2n) is 2.47. The van der Waals surface area contributed by atoms with Crippen molar-refractivity contribution in [3.05, 3.63) is 11.8 Å². The van der Waals surface area contributed by atoms with Crippen LogP contribution in [0.5, 0.6) is 0 Å². The topological polar surface area (TPSA) is 58.9 Å². The zero-order valence-corrected chi connectivity index (χ0v) is 8.67. The van der Waals surface area contributed by atoms with Gasteiger partial charge in [-0.1, -0.05) is 6.08 Å². The molecule has 0 aliphatic rings. The van der Waals surface area contributed by atoms with Gasteiger partial charge in [0.05, 0.1) is 0 Å². The Morgan fingerprint density at radius 1 is 1.69 bits per heavy atom. The molecule has 0 aromatic rings. The molecule has 1 atom stereocenters. The van der Waals surface area contributed by atoms with Crippen LogP contribution in [0, 0.1) is 0 Å². The fourth-order valence-corrected chi connectivity index (χ4v) is 1.15. The Labute approximate surface area is 79.3 Å². The highest BCUT2D eigenvalue weighted by Crippen LogP contribution is 2.16. The third kappa shape index (κ3) is 7.78. The Bertz CT molecular complexity index is 204. The first-order valence-electron chi connectivity index (χ1n) is 4.11. The first kappa shape index (κ1) is 12.4. The van der Waals surface area contributed by atoms with E-state index in [1.165, 1.54) is 0 Å². The van der Waals surface area contributed by atoms with Gasteiger partial charge in [-0.15, -0.1) is 9.42 Å². The van der Waals surface area contributed by atoms with Gasteiger partial charge in [-0.3, -0.25) is 4.99 Å². The second kappa shape index (κ2) is 8.05. The second-order valence-corrected chi connectivity index (χ2v) is 3.20. The minimum absolute atomic E-state index is 0.319. The quantitative estimate of drug-likeness (QED) is 0.393. The predicted octanol–water partition coefficient (Wildman–Crippen LogP) is 2.43. The van der Waals surface area contributed by atoms with Crippen LogP contribution < -0.4 is 0 Å². The fraction of sp³-hybridized carbons (Fsp3) is 0.625. The van der Waals surface area contributed by atoms with Gasteiger partial charge in [-0.2, -0.15) is 0 Å². The fourth-order valence-electron chi connectivity index (χ4n) is 0.866. The molecule has 0 aliphatic heterocycles. The van der Waals surface area contributed by atoms with Gasteiger partial charge in [-0.25, -0.2) is 0 Å². The van der Waals surface area contributed by atoms with Gasteiger partial charge in [0.25, 0.3) is 0 Å². The first-order valence-corrected chi connectivity index (χ1v) is 5.24. The van der Waals surface area contributed by atoms with E-state index in [0.717, 1.165) is 25.0 Å². The highest BCUT2D eigenvalue weighted by molar-refractivity contribution is 7.32. The largest absolute Gasteiger partial charge is 0.694 e. The Morgan fingerprint density at radius 3 is 2.85 bits per heavy atom. The summed E-state index contributed by atoms with van der Waals surface area (Å²) in [6.07, 6.45) is 4.39. The van der Waals surface area contributed by atoms with E-state index >= 15 is 0 Å². The molecule has 1 unspecified atom stereocenters. The number of rotatable bonds is 7. The summed E-state index contributed by atoms with van der Waals surface area (Å²) in [6.45, 7) is 5.65. The Kier molecular flexibility index (Phi) is 7.69. The van der Waals surface area contributed by atoms with E-state index in [2.05, 4.69) is 16.2 Å². The van der Waals surface area contributed by atoms with Crippen molar-refractivity contribution in [1.29, 1.82) is 0 Å². The lowest BCUT2D eigenvalue weighted by Gasteiger charge is -1.97. The average Bonchev–Trinajstić information content (AvgIpc) is 2.11. The molecule has 74 valence electrons. The number of aliphatic imine (C=N–C) groups is 1. The van der Waals surface area contributed by atoms with Gasteiger partial charge in [0, 0.05) is 10.3 Å². The average molecular weight is 204 g/mol. The number of allylic oxidation sites excluding steroid dienone is 2. The molecule has 5 heteroatoms. The Morgan fingerprint density at radius 2 is 2.38 bits per heavy atom. The van der Waals surface area contributed by atoms with Crippen molar-refractivity contribution in [2.75, 3.05) is 6.61 Å². The third-order valence-corrected chi connectivity index (χ3v) is 1.97. The van der Waals surface area contributed by atoms with Crippen LogP contribution >= 0.6 is 8.25 Å². The highest BCUT2D eigenvalue weighted by atomic mass is 31.1. The molecule has 0 spiro atoms. The summed E-state index contributed by atoms with van der Waals surface area (Å²) >= 11 is 0. The van der Waals surface area contributed by atoms with Crippen LogP contribution in [-0.4, -0.2) is 18.2 Å². The summed E-state index contributed by atoms with van der Waals surface area (Å²) in [5.41, 5.74) is 0.952. The number of unbranched alkanes of at least 4 members (excludes halogenated alkanes) is 1. The van der Waals surface area contributed by atoms with Gasteiger partial charge in [0.1, 0.15) is 6.61 Å². The summed E-state index contributed by atoms with van der Waals surface area (Å²) in [5.74, 6) is 0. The van der Waals surface area contributed by atoms with Crippen molar-refractivity contribution in [1.82, 2.24) is 0 Å². The van der Waals surface area contributed by atoms with Crippen LogP contribution in [0.1, 0.15) is 26.2 Å². The lowest BCUT2D eigenvalue weighted by molar-refractivity contribution is 0.275. The molecule has 1 N–H and O–H groups in total. The maximum absolute atomic E-state index is 10.1. The normalized spacial score (nSPS) is 12.8. The zero-order valence-electron chi connectivity index (χ0n) is 7.77. The SMILES string of the molecule is C=N/C(=C\C)CCCCO[P+](=O)O. The smallest absolute Gasteiger partial charge is 0.269 e. The summed E-state index contributed by atoms with van der Waals surface area (Å²) in [4.78, 5) is 12.1. The van der Waals surface area contributed by atoms with Crippen LogP contribution in [0.2, 0.25) is 0 Å².